The van der Waals surface area contributed by atoms with E-state index in [4.69, 9.17) is 5.11 Å². The summed E-state index contributed by atoms with van der Waals surface area (Å²) >= 11 is 0. The smallest absolute Gasteiger partial charge is 0.277 e. The summed E-state index contributed by atoms with van der Waals surface area (Å²) in [6.45, 7) is 2.77. The van der Waals surface area contributed by atoms with Gasteiger partial charge in [0.25, 0.3) is 11.8 Å². The number of amides is 2. The fourth-order valence-corrected chi connectivity index (χ4v) is 3.19. The Morgan fingerprint density at radius 1 is 1.26 bits per heavy atom. The number of carbonyl (C=O) groups excluding carboxylic acids is 2. The lowest BCUT2D eigenvalue weighted by molar-refractivity contribution is -0.137. The van der Waals surface area contributed by atoms with Crippen LogP contribution in [-0.4, -0.2) is 48.6 Å². The van der Waals surface area contributed by atoms with E-state index in [-0.39, 0.29) is 23.7 Å². The van der Waals surface area contributed by atoms with Crippen LogP contribution in [0.25, 0.3) is 0 Å². The van der Waals surface area contributed by atoms with Crippen molar-refractivity contribution < 1.29 is 23.1 Å². The fraction of sp³-hybridized carbons (Fsp3) is 0.333. The van der Waals surface area contributed by atoms with Crippen molar-refractivity contribution in [2.75, 3.05) is 18.5 Å². The highest BCUT2D eigenvalue weighted by Gasteiger charge is 2.30. The third-order valence-electron chi connectivity index (χ3n) is 3.40. The third kappa shape index (κ3) is 3.43. The van der Waals surface area contributed by atoms with Gasteiger partial charge in [0.15, 0.2) is 9.84 Å². The average Bonchev–Trinajstić information content (AvgIpc) is 2.75. The van der Waals surface area contributed by atoms with E-state index >= 15 is 0 Å². The van der Waals surface area contributed by atoms with Gasteiger partial charge in [-0.2, -0.15) is 0 Å². The van der Waals surface area contributed by atoms with Gasteiger partial charge in [0, 0.05) is 11.8 Å². The van der Waals surface area contributed by atoms with Gasteiger partial charge < -0.3 is 10.4 Å². The molecule has 23 heavy (non-hydrogen) atoms. The Balaban J connectivity index is 2.24. The molecular formula is C15H18N2O5S. The molecule has 0 radical (unpaired) electrons. The molecule has 1 heterocycles. The maximum Gasteiger partial charge on any atom is 0.277 e. The summed E-state index contributed by atoms with van der Waals surface area (Å²) < 4.78 is 24.4. The molecule has 124 valence electrons. The fourth-order valence-electron chi connectivity index (χ4n) is 2.09. The Labute approximate surface area is 134 Å². The first-order chi connectivity index (χ1) is 10.8. The summed E-state index contributed by atoms with van der Waals surface area (Å²) in [7, 11) is -3.43. The zero-order valence-electron chi connectivity index (χ0n) is 12.8. The molecule has 0 fully saturated rings. The molecule has 0 spiro atoms. The predicted molar refractivity (Wildman–Crippen MR) is 84.3 cm³/mol. The Hall–Kier alpha value is -2.19. The number of anilines is 1. The van der Waals surface area contributed by atoms with E-state index in [0.717, 1.165) is 11.0 Å². The maximum atomic E-state index is 12.2. The zero-order chi connectivity index (χ0) is 17.2. The van der Waals surface area contributed by atoms with E-state index < -0.39 is 26.9 Å². The van der Waals surface area contributed by atoms with Crippen molar-refractivity contribution in [1.82, 2.24) is 4.90 Å². The summed E-state index contributed by atoms with van der Waals surface area (Å²) in [5, 5.41) is 11.1. The number of nitrogens with one attached hydrogen (secondary N) is 1. The van der Waals surface area contributed by atoms with Crippen molar-refractivity contribution in [2.24, 2.45) is 0 Å². The molecule has 0 aromatic heterocycles. The first-order valence-corrected chi connectivity index (χ1v) is 8.61. The summed E-state index contributed by atoms with van der Waals surface area (Å²) in [6.07, 6.45) is 1.13. The SMILES string of the molecule is CC(C)S(=O)(=O)c1cccc(NC2=CC(=O)N(CCO)C2=O)c1. The van der Waals surface area contributed by atoms with Gasteiger partial charge in [-0.1, -0.05) is 6.07 Å². The Morgan fingerprint density at radius 3 is 2.57 bits per heavy atom. The maximum absolute atomic E-state index is 12.2. The molecule has 2 amide bonds. The zero-order valence-corrected chi connectivity index (χ0v) is 13.6. The van der Waals surface area contributed by atoms with Gasteiger partial charge >= 0.3 is 0 Å². The lowest BCUT2D eigenvalue weighted by Gasteiger charge is -2.14. The second kappa shape index (κ2) is 6.51. The lowest BCUT2D eigenvalue weighted by Crippen LogP contribution is -2.34. The number of nitrogens with zero attached hydrogens (tertiary/aromatic N) is 1. The average molecular weight is 338 g/mol. The van der Waals surface area contributed by atoms with E-state index in [1.54, 1.807) is 26.0 Å². The number of benzene rings is 1. The van der Waals surface area contributed by atoms with Crippen LogP contribution in [0, 0.1) is 0 Å². The molecule has 0 saturated heterocycles. The van der Waals surface area contributed by atoms with Gasteiger partial charge in [-0.05, 0) is 32.0 Å². The summed E-state index contributed by atoms with van der Waals surface area (Å²) in [4.78, 5) is 24.8. The predicted octanol–water partition coefficient (Wildman–Crippen LogP) is 0.526. The van der Waals surface area contributed by atoms with Crippen LogP contribution in [0.5, 0.6) is 0 Å². The Kier molecular flexibility index (Phi) is 4.86. The molecular weight excluding hydrogens is 320 g/mol. The molecule has 1 aromatic carbocycles. The number of aliphatic hydroxyl groups excluding tert-OH is 1. The van der Waals surface area contributed by atoms with Gasteiger partial charge in [0.2, 0.25) is 0 Å². The molecule has 1 aliphatic rings. The van der Waals surface area contributed by atoms with Crippen molar-refractivity contribution in [1.29, 1.82) is 0 Å². The first kappa shape index (κ1) is 17.2. The van der Waals surface area contributed by atoms with Gasteiger partial charge in [-0.15, -0.1) is 0 Å². The molecule has 0 saturated carbocycles. The van der Waals surface area contributed by atoms with Crippen LogP contribution >= 0.6 is 0 Å². The first-order valence-electron chi connectivity index (χ1n) is 7.06. The molecule has 0 aliphatic carbocycles. The molecule has 1 aliphatic heterocycles. The van der Waals surface area contributed by atoms with Crippen LogP contribution in [-0.2, 0) is 19.4 Å². The van der Waals surface area contributed by atoms with Crippen LogP contribution in [0.15, 0.2) is 40.9 Å². The second-order valence-electron chi connectivity index (χ2n) is 5.32. The number of hydrogen-bond donors (Lipinski definition) is 2. The quantitative estimate of drug-likeness (QED) is 0.733. The molecule has 0 atom stereocenters. The highest BCUT2D eigenvalue weighted by atomic mass is 32.2. The van der Waals surface area contributed by atoms with E-state index in [1.165, 1.54) is 12.1 Å². The van der Waals surface area contributed by atoms with Crippen LogP contribution in [0.2, 0.25) is 0 Å². The van der Waals surface area contributed by atoms with E-state index in [9.17, 15) is 18.0 Å². The topological polar surface area (TPSA) is 104 Å². The minimum absolute atomic E-state index is 0.0440. The standard InChI is InChI=1S/C15H18N2O5S/c1-10(2)23(21,22)12-5-3-4-11(8-12)16-13-9-14(19)17(6-7-18)15(13)20/h3-5,8-10,16,18H,6-7H2,1-2H3. The number of sulfone groups is 1. The van der Waals surface area contributed by atoms with Crippen LogP contribution in [0.1, 0.15) is 13.8 Å². The normalized spacial score (nSPS) is 15.3. The van der Waals surface area contributed by atoms with Crippen molar-refractivity contribution >= 4 is 27.3 Å². The molecule has 1 aromatic rings. The molecule has 2 N–H and O–H groups in total. The number of rotatable bonds is 6. The minimum Gasteiger partial charge on any atom is -0.395 e. The molecule has 0 bridgehead atoms. The van der Waals surface area contributed by atoms with E-state index in [2.05, 4.69) is 5.32 Å². The van der Waals surface area contributed by atoms with E-state index in [1.807, 2.05) is 0 Å². The van der Waals surface area contributed by atoms with Gasteiger partial charge in [0.05, 0.1) is 23.3 Å². The number of aliphatic hydroxyl groups is 1. The number of hydrogen-bond acceptors (Lipinski definition) is 6. The Morgan fingerprint density at radius 2 is 1.96 bits per heavy atom. The van der Waals surface area contributed by atoms with Crippen LogP contribution in [0.3, 0.4) is 0 Å². The van der Waals surface area contributed by atoms with Gasteiger partial charge in [-0.3, -0.25) is 14.5 Å². The molecule has 2 rings (SSSR count). The Bertz CT molecular complexity index is 768. The molecule has 7 nitrogen and oxygen atoms in total. The summed E-state index contributed by atoms with van der Waals surface area (Å²) in [5.41, 5.74) is 0.438. The number of imide groups is 1. The van der Waals surface area contributed by atoms with Crippen LogP contribution < -0.4 is 5.32 Å². The minimum atomic E-state index is -3.43. The van der Waals surface area contributed by atoms with Crippen molar-refractivity contribution in [3.8, 4) is 0 Å². The van der Waals surface area contributed by atoms with Crippen LogP contribution in [0.4, 0.5) is 5.69 Å². The largest absolute Gasteiger partial charge is 0.395 e. The monoisotopic (exact) mass is 338 g/mol. The van der Waals surface area contributed by atoms with Gasteiger partial charge in [-0.25, -0.2) is 8.42 Å². The molecule has 8 heteroatoms. The van der Waals surface area contributed by atoms with E-state index in [0.29, 0.717) is 5.69 Å². The molecule has 0 unspecified atom stereocenters. The summed E-state index contributed by atoms with van der Waals surface area (Å²) in [6, 6.07) is 6.06. The van der Waals surface area contributed by atoms with Crippen molar-refractivity contribution in [2.45, 2.75) is 24.0 Å². The lowest BCUT2D eigenvalue weighted by atomic mass is 10.3. The number of carbonyl (C=O) groups is 2. The van der Waals surface area contributed by atoms with Crippen molar-refractivity contribution in [3.05, 3.63) is 36.0 Å². The number of β-amino-alcohol motifs (C(OH)–C–C–N with tert-alkyl or cyclic N) is 1. The highest BCUT2D eigenvalue weighted by Crippen LogP contribution is 2.22. The summed E-state index contributed by atoms with van der Waals surface area (Å²) in [5.74, 6) is -1.07. The third-order valence-corrected chi connectivity index (χ3v) is 5.55. The van der Waals surface area contributed by atoms with Gasteiger partial charge in [0.1, 0.15) is 5.70 Å². The van der Waals surface area contributed by atoms with Crippen molar-refractivity contribution in [3.63, 3.8) is 0 Å². The second-order valence-corrected chi connectivity index (χ2v) is 7.83. The highest BCUT2D eigenvalue weighted by molar-refractivity contribution is 7.92.